The summed E-state index contributed by atoms with van der Waals surface area (Å²) in [6.45, 7) is 1.57. The Balaban J connectivity index is 1.37. The Bertz CT molecular complexity index is 1540. The largest absolute Gasteiger partial charge is 0.494 e. The number of rotatable bonds is 12. The third-order valence-electron chi connectivity index (χ3n) is 7.48. The van der Waals surface area contributed by atoms with Crippen molar-refractivity contribution in [3.05, 3.63) is 35.9 Å². The van der Waals surface area contributed by atoms with E-state index in [4.69, 9.17) is 9.26 Å². The van der Waals surface area contributed by atoms with Crippen LogP contribution in [0.4, 0.5) is 17.2 Å². The van der Waals surface area contributed by atoms with Crippen LogP contribution in [-0.4, -0.2) is 105 Å². The van der Waals surface area contributed by atoms with E-state index in [1.807, 2.05) is 23.5 Å². The zero-order valence-electron chi connectivity index (χ0n) is 25.7. The molecule has 0 bridgehead atoms. The summed E-state index contributed by atoms with van der Waals surface area (Å²) in [4.78, 5) is 44.9. The minimum Gasteiger partial charge on any atom is -0.494 e. The number of carbonyl (C=O) groups excluding carboxylic acids is 3. The molecule has 0 spiro atoms. The summed E-state index contributed by atoms with van der Waals surface area (Å²) in [6, 6.07) is 7.22. The Labute approximate surface area is 258 Å². The highest BCUT2D eigenvalue weighted by Crippen LogP contribution is 2.37. The molecule has 1 saturated carbocycles. The van der Waals surface area contributed by atoms with Crippen molar-refractivity contribution >= 4 is 58.5 Å². The first kappa shape index (κ1) is 31.0. The molecule has 1 aromatic carbocycles. The molecule has 1 aliphatic carbocycles. The van der Waals surface area contributed by atoms with E-state index in [9.17, 15) is 14.4 Å². The molecule has 3 aromatic rings. The maximum Gasteiger partial charge on any atom is 0.316 e. The first-order valence-corrected chi connectivity index (χ1v) is 14.8. The fraction of sp³-hybridized carbons (Fsp3) is 0.444. The predicted molar refractivity (Wildman–Crippen MR) is 171 cm³/mol. The molecule has 0 radical (unpaired) electrons. The van der Waals surface area contributed by atoms with Crippen molar-refractivity contribution in [2.45, 2.75) is 43.4 Å². The molecule has 2 aromatic heterocycles. The summed E-state index contributed by atoms with van der Waals surface area (Å²) >= 11 is 0. The first-order chi connectivity index (χ1) is 21.0. The lowest BCUT2D eigenvalue weighted by molar-refractivity contribution is -0.117. The number of nitrogens with zero attached hydrogens (tertiary/aromatic N) is 5. The van der Waals surface area contributed by atoms with E-state index in [2.05, 4.69) is 53.6 Å². The highest BCUT2D eigenvalue weighted by Gasteiger charge is 2.30. The highest BCUT2D eigenvalue weighted by atomic mass is 16.5. The molecule has 3 heterocycles. The highest BCUT2D eigenvalue weighted by molar-refractivity contribution is 6.60. The number of likely N-dealkylation sites (tertiary alicyclic amines) is 1. The normalized spacial score (nSPS) is 16.7. The molecule has 1 aliphatic heterocycles. The third kappa shape index (κ3) is 7.57. The molecule has 3 amide bonds. The first-order valence-electron chi connectivity index (χ1n) is 14.8. The lowest BCUT2D eigenvalue weighted by Gasteiger charge is -2.21. The van der Waals surface area contributed by atoms with E-state index >= 15 is 0 Å². The van der Waals surface area contributed by atoms with Crippen molar-refractivity contribution in [3.63, 3.8) is 0 Å². The van der Waals surface area contributed by atoms with Crippen molar-refractivity contribution in [2.75, 3.05) is 37.9 Å². The van der Waals surface area contributed by atoms with Gasteiger partial charge in [0.2, 0.25) is 11.7 Å². The Kier molecular flexibility index (Phi) is 9.23. The van der Waals surface area contributed by atoms with Gasteiger partial charge in [0, 0.05) is 24.6 Å². The third-order valence-corrected chi connectivity index (χ3v) is 7.48. The van der Waals surface area contributed by atoms with Gasteiger partial charge in [0.1, 0.15) is 23.5 Å². The molecular formula is C27H36B3N9O5. The van der Waals surface area contributed by atoms with Gasteiger partial charge >= 0.3 is 11.8 Å². The number of benzene rings is 1. The summed E-state index contributed by atoms with van der Waals surface area (Å²) < 4.78 is 11.0. The average molecular weight is 599 g/mol. The SMILES string of the molecule is BC(B)(B)NC(=O)c1nnc(NC(=O)C2CC2)cc1Nc1cccc(-c2noc(C(=O)NCCC3CCCN3C)n2)c1OC. The van der Waals surface area contributed by atoms with Crippen LogP contribution in [-0.2, 0) is 4.79 Å². The Hall–Kier alpha value is -4.40. The Morgan fingerprint density at radius 1 is 1.11 bits per heavy atom. The van der Waals surface area contributed by atoms with Gasteiger partial charge < -0.3 is 35.4 Å². The molecule has 14 nitrogen and oxygen atoms in total. The van der Waals surface area contributed by atoms with Crippen LogP contribution in [0.5, 0.6) is 5.75 Å². The van der Waals surface area contributed by atoms with Crippen molar-refractivity contribution in [3.8, 4) is 17.1 Å². The molecule has 2 fully saturated rings. The molecule has 228 valence electrons. The van der Waals surface area contributed by atoms with Crippen molar-refractivity contribution in [1.29, 1.82) is 0 Å². The fourth-order valence-electron chi connectivity index (χ4n) is 5.06. The molecule has 1 unspecified atom stereocenters. The molecule has 2 aliphatic rings. The second-order valence-corrected chi connectivity index (χ2v) is 12.2. The van der Waals surface area contributed by atoms with Gasteiger partial charge in [0.25, 0.3) is 5.91 Å². The summed E-state index contributed by atoms with van der Waals surface area (Å²) in [5.74, 6) is -0.527. The lowest BCUT2D eigenvalue weighted by atomic mass is 9.49. The van der Waals surface area contributed by atoms with Crippen LogP contribution >= 0.6 is 0 Å². The zero-order valence-corrected chi connectivity index (χ0v) is 25.7. The quantitative estimate of drug-likeness (QED) is 0.190. The van der Waals surface area contributed by atoms with Gasteiger partial charge in [-0.2, -0.15) is 4.98 Å². The number of carbonyl (C=O) groups is 3. The van der Waals surface area contributed by atoms with E-state index in [0.29, 0.717) is 35.3 Å². The second-order valence-electron chi connectivity index (χ2n) is 12.2. The molecule has 5 rings (SSSR count). The maximum absolute atomic E-state index is 13.2. The lowest BCUT2D eigenvalue weighted by Crippen LogP contribution is -2.50. The van der Waals surface area contributed by atoms with Crippen LogP contribution in [0.15, 0.2) is 28.8 Å². The predicted octanol–water partition coefficient (Wildman–Crippen LogP) is -0.918. The number of aromatic nitrogens is 4. The van der Waals surface area contributed by atoms with E-state index in [0.717, 1.165) is 32.2 Å². The summed E-state index contributed by atoms with van der Waals surface area (Å²) in [5.41, 5.74) is 1.24. The molecule has 44 heavy (non-hydrogen) atoms. The minimum absolute atomic E-state index is 0.0270. The number of ether oxygens (including phenoxy) is 1. The number of amides is 3. The Morgan fingerprint density at radius 2 is 1.91 bits per heavy atom. The standard InChI is InChI=1S/C27H36B3N9O5/c1-39-12-4-5-15(39)10-11-31-25(42)26-34-22(38-44-26)16-6-3-7-17(21(16)43-2)32-18-13-19(33-23(40)14-8-9-14)36-37-20(18)24(41)35-27(28,29)30/h3,6-7,13-15H,4-5,8-12,28-30H2,1-2H3,(H,31,42)(H,35,41)(H2,32,33,36,40). The molecule has 17 heteroatoms. The van der Waals surface area contributed by atoms with Gasteiger partial charge in [-0.05, 0) is 63.1 Å². The summed E-state index contributed by atoms with van der Waals surface area (Å²) in [6.07, 6.45) is 4.79. The van der Waals surface area contributed by atoms with Gasteiger partial charge in [0.15, 0.2) is 17.3 Å². The number of methoxy groups -OCH3 is 1. The fourth-order valence-corrected chi connectivity index (χ4v) is 5.06. The van der Waals surface area contributed by atoms with Gasteiger partial charge in [-0.3, -0.25) is 14.4 Å². The summed E-state index contributed by atoms with van der Waals surface area (Å²) in [7, 11) is 9.15. The van der Waals surface area contributed by atoms with E-state index in [1.54, 1.807) is 24.3 Å². The number of anilines is 3. The van der Waals surface area contributed by atoms with Gasteiger partial charge in [0.05, 0.1) is 24.0 Å². The van der Waals surface area contributed by atoms with Crippen molar-refractivity contribution in [1.82, 2.24) is 35.9 Å². The van der Waals surface area contributed by atoms with Gasteiger partial charge in [-0.15, -0.1) is 10.2 Å². The number of para-hydroxylation sites is 1. The number of hydrogen-bond donors (Lipinski definition) is 4. The molecule has 4 N–H and O–H groups in total. The molecule has 1 atom stereocenters. The van der Waals surface area contributed by atoms with Crippen LogP contribution in [0, 0.1) is 5.92 Å². The van der Waals surface area contributed by atoms with Crippen LogP contribution in [0.3, 0.4) is 0 Å². The summed E-state index contributed by atoms with van der Waals surface area (Å²) in [5, 5.41) is 23.4. The monoisotopic (exact) mass is 599 g/mol. The number of hydrogen-bond acceptors (Lipinski definition) is 11. The van der Waals surface area contributed by atoms with Crippen molar-refractivity contribution < 1.29 is 23.6 Å². The van der Waals surface area contributed by atoms with Crippen molar-refractivity contribution in [2.24, 2.45) is 5.92 Å². The van der Waals surface area contributed by atoms with Crippen LogP contribution in [0.25, 0.3) is 11.4 Å². The smallest absolute Gasteiger partial charge is 0.316 e. The number of nitrogens with one attached hydrogen (secondary N) is 4. The van der Waals surface area contributed by atoms with E-state index in [-0.39, 0.29) is 35.1 Å². The van der Waals surface area contributed by atoms with Crippen LogP contribution < -0.4 is 26.0 Å². The average Bonchev–Trinajstić information content (AvgIpc) is 3.57. The minimum atomic E-state index is -0.526. The molecule has 1 saturated heterocycles. The van der Waals surface area contributed by atoms with E-state index in [1.165, 1.54) is 13.5 Å². The Morgan fingerprint density at radius 3 is 2.59 bits per heavy atom. The topological polar surface area (TPSA) is 176 Å². The maximum atomic E-state index is 13.2. The van der Waals surface area contributed by atoms with Crippen LogP contribution in [0.1, 0.15) is 53.3 Å². The van der Waals surface area contributed by atoms with Gasteiger partial charge in [-0.1, -0.05) is 11.2 Å². The van der Waals surface area contributed by atoms with E-state index < -0.39 is 17.1 Å². The second kappa shape index (κ2) is 13.1. The van der Waals surface area contributed by atoms with Gasteiger partial charge in [-0.25, -0.2) is 0 Å². The zero-order chi connectivity index (χ0) is 31.4. The van der Waals surface area contributed by atoms with Crippen LogP contribution in [0.2, 0.25) is 0 Å². The molecular weight excluding hydrogens is 563 g/mol.